The van der Waals surface area contributed by atoms with Crippen LogP contribution in [0.1, 0.15) is 17.1 Å². The van der Waals surface area contributed by atoms with E-state index in [4.69, 9.17) is 4.42 Å². The van der Waals surface area contributed by atoms with Gasteiger partial charge in [0.1, 0.15) is 11.2 Å². The fraction of sp³-hybridized carbons (Fsp3) is 0.333. The lowest BCUT2D eigenvalue weighted by molar-refractivity contribution is 0.555. The highest BCUT2D eigenvalue weighted by Gasteiger charge is 2.21. The van der Waals surface area contributed by atoms with Crippen LogP contribution in [0.25, 0.3) is 0 Å². The Bertz CT molecular complexity index is 581. The molecule has 2 aromatic heterocycles. The van der Waals surface area contributed by atoms with Crippen molar-refractivity contribution >= 4 is 10.0 Å². The van der Waals surface area contributed by atoms with Crippen molar-refractivity contribution in [3.05, 3.63) is 29.7 Å². The number of hydrogen-bond donors (Lipinski definition) is 2. The van der Waals surface area contributed by atoms with Gasteiger partial charge in [0.25, 0.3) is 0 Å². The average Bonchev–Trinajstić information content (AvgIpc) is 2.86. The first-order valence-corrected chi connectivity index (χ1v) is 6.37. The fourth-order valence-electron chi connectivity index (χ4n) is 1.50. The summed E-state index contributed by atoms with van der Waals surface area (Å²) in [6, 6.07) is 0. The van der Waals surface area contributed by atoms with Gasteiger partial charge in [0.05, 0.1) is 23.6 Å². The van der Waals surface area contributed by atoms with E-state index in [2.05, 4.69) is 19.9 Å². The summed E-state index contributed by atoms with van der Waals surface area (Å²) in [7, 11) is -3.58. The Kier molecular flexibility index (Phi) is 2.99. The molecule has 17 heavy (non-hydrogen) atoms. The van der Waals surface area contributed by atoms with Gasteiger partial charge in [-0.05, 0) is 13.8 Å². The van der Waals surface area contributed by atoms with E-state index in [-0.39, 0.29) is 11.4 Å². The predicted molar refractivity (Wildman–Crippen MR) is 58.6 cm³/mol. The van der Waals surface area contributed by atoms with Crippen LogP contribution < -0.4 is 4.72 Å². The van der Waals surface area contributed by atoms with Crippen molar-refractivity contribution in [2.45, 2.75) is 25.3 Å². The number of aromatic nitrogens is 3. The van der Waals surface area contributed by atoms with Crippen LogP contribution in [-0.4, -0.2) is 23.6 Å². The van der Waals surface area contributed by atoms with Crippen LogP contribution in [0.4, 0.5) is 0 Å². The molecule has 0 fully saturated rings. The molecular formula is C9H12N4O3S. The maximum atomic E-state index is 12.0. The van der Waals surface area contributed by atoms with Crippen LogP contribution in [0.3, 0.4) is 0 Å². The van der Waals surface area contributed by atoms with Crippen LogP contribution >= 0.6 is 0 Å². The Labute approximate surface area is 98.3 Å². The lowest BCUT2D eigenvalue weighted by Crippen LogP contribution is -2.24. The number of nitrogens with zero attached hydrogens (tertiary/aromatic N) is 2. The third-order valence-electron chi connectivity index (χ3n) is 2.26. The third-order valence-corrected chi connectivity index (χ3v) is 3.92. The van der Waals surface area contributed by atoms with Crippen LogP contribution in [0, 0.1) is 13.8 Å². The van der Waals surface area contributed by atoms with E-state index in [0.29, 0.717) is 17.1 Å². The second kappa shape index (κ2) is 4.30. The van der Waals surface area contributed by atoms with Gasteiger partial charge >= 0.3 is 0 Å². The molecule has 0 spiro atoms. The van der Waals surface area contributed by atoms with E-state index in [0.717, 1.165) is 0 Å². The van der Waals surface area contributed by atoms with Gasteiger partial charge in [0, 0.05) is 0 Å². The van der Waals surface area contributed by atoms with Gasteiger partial charge in [-0.15, -0.1) is 0 Å². The molecule has 2 aromatic rings. The quantitative estimate of drug-likeness (QED) is 0.829. The monoisotopic (exact) mass is 256 g/mol. The molecule has 0 saturated carbocycles. The number of oxazole rings is 1. The third kappa shape index (κ3) is 2.37. The molecule has 0 radical (unpaired) electrons. The fourth-order valence-corrected chi connectivity index (χ4v) is 2.87. The maximum Gasteiger partial charge on any atom is 0.244 e. The van der Waals surface area contributed by atoms with E-state index in [1.54, 1.807) is 13.8 Å². The maximum absolute atomic E-state index is 12.0. The zero-order valence-electron chi connectivity index (χ0n) is 9.39. The number of sulfonamides is 1. The summed E-state index contributed by atoms with van der Waals surface area (Å²) in [4.78, 5) is 4.01. The summed E-state index contributed by atoms with van der Waals surface area (Å²) in [6.45, 7) is 3.38. The van der Waals surface area contributed by atoms with Gasteiger partial charge in [-0.25, -0.2) is 18.1 Å². The lowest BCUT2D eigenvalue weighted by atomic mass is 10.4. The molecule has 2 heterocycles. The van der Waals surface area contributed by atoms with Crippen LogP contribution in [0.2, 0.25) is 0 Å². The zero-order valence-corrected chi connectivity index (χ0v) is 10.2. The van der Waals surface area contributed by atoms with E-state index in [9.17, 15) is 8.42 Å². The Balaban J connectivity index is 2.20. The first kappa shape index (κ1) is 11.8. The largest absolute Gasteiger partial charge is 0.451 e. The highest BCUT2D eigenvalue weighted by molar-refractivity contribution is 7.89. The van der Waals surface area contributed by atoms with Gasteiger partial charge in [0.2, 0.25) is 10.0 Å². The van der Waals surface area contributed by atoms with Crippen molar-refractivity contribution in [2.24, 2.45) is 0 Å². The summed E-state index contributed by atoms with van der Waals surface area (Å²) in [5.74, 6) is 0. The van der Waals surface area contributed by atoms with Crippen molar-refractivity contribution < 1.29 is 12.8 Å². The van der Waals surface area contributed by atoms with E-state index in [1.165, 1.54) is 12.7 Å². The van der Waals surface area contributed by atoms with Crippen molar-refractivity contribution in [1.82, 2.24) is 19.9 Å². The summed E-state index contributed by atoms with van der Waals surface area (Å²) in [6.07, 6.45) is 2.63. The first-order valence-electron chi connectivity index (χ1n) is 4.89. The summed E-state index contributed by atoms with van der Waals surface area (Å²) < 4.78 is 31.2. The molecule has 2 rings (SSSR count). The van der Waals surface area contributed by atoms with Crippen LogP contribution in [-0.2, 0) is 16.6 Å². The molecule has 0 aromatic carbocycles. The van der Waals surface area contributed by atoms with E-state index in [1.807, 2.05) is 0 Å². The minimum atomic E-state index is -3.58. The molecule has 0 unspecified atom stereocenters. The molecule has 0 bridgehead atoms. The van der Waals surface area contributed by atoms with E-state index < -0.39 is 10.0 Å². The summed E-state index contributed by atoms with van der Waals surface area (Å²) >= 11 is 0. The predicted octanol–water partition coefficient (Wildman–Crippen LogP) is 0.493. The molecule has 0 amide bonds. The minimum absolute atomic E-state index is 0.0862. The molecule has 8 heteroatoms. The highest BCUT2D eigenvalue weighted by Crippen LogP contribution is 2.16. The first-order chi connectivity index (χ1) is 8.00. The smallest absolute Gasteiger partial charge is 0.244 e. The Hall–Kier alpha value is -1.67. The van der Waals surface area contributed by atoms with Gasteiger partial charge in [-0.1, -0.05) is 0 Å². The van der Waals surface area contributed by atoms with Crippen molar-refractivity contribution in [3.63, 3.8) is 0 Å². The van der Waals surface area contributed by atoms with Gasteiger partial charge < -0.3 is 4.42 Å². The SMILES string of the molecule is Cc1n[nH]c(C)c1S(=O)(=O)NCc1cocn1. The molecule has 2 N–H and O–H groups in total. The Morgan fingerprint density at radius 1 is 1.47 bits per heavy atom. The zero-order chi connectivity index (χ0) is 12.5. The average molecular weight is 256 g/mol. The van der Waals surface area contributed by atoms with Crippen molar-refractivity contribution in [2.75, 3.05) is 0 Å². The molecule has 0 aliphatic carbocycles. The number of nitrogens with one attached hydrogen (secondary N) is 2. The molecule has 7 nitrogen and oxygen atoms in total. The normalized spacial score (nSPS) is 11.9. The second-order valence-electron chi connectivity index (χ2n) is 3.57. The summed E-state index contributed by atoms with van der Waals surface area (Å²) in [5, 5.41) is 6.48. The van der Waals surface area contributed by atoms with Gasteiger partial charge in [0.15, 0.2) is 6.39 Å². The number of aryl methyl sites for hydroxylation is 2. The molecule has 0 aliphatic heterocycles. The van der Waals surface area contributed by atoms with Crippen molar-refractivity contribution in [3.8, 4) is 0 Å². The number of H-pyrrole nitrogens is 1. The number of aromatic amines is 1. The molecule has 0 aliphatic rings. The topological polar surface area (TPSA) is 101 Å². The lowest BCUT2D eigenvalue weighted by Gasteiger charge is -2.04. The molecule has 0 atom stereocenters. The van der Waals surface area contributed by atoms with Gasteiger partial charge in [-0.3, -0.25) is 5.10 Å². The van der Waals surface area contributed by atoms with E-state index >= 15 is 0 Å². The Morgan fingerprint density at radius 3 is 2.76 bits per heavy atom. The highest BCUT2D eigenvalue weighted by atomic mass is 32.2. The molecule has 0 saturated heterocycles. The minimum Gasteiger partial charge on any atom is -0.451 e. The van der Waals surface area contributed by atoms with Gasteiger partial charge in [-0.2, -0.15) is 5.10 Å². The second-order valence-corrected chi connectivity index (χ2v) is 5.27. The Morgan fingerprint density at radius 2 is 2.24 bits per heavy atom. The standard InChI is InChI=1S/C9H12N4O3S/c1-6-9(7(2)13-12-6)17(14,15)11-3-8-4-16-5-10-8/h4-5,11H,3H2,1-2H3,(H,12,13). The molecular weight excluding hydrogens is 244 g/mol. The number of rotatable bonds is 4. The molecule has 92 valence electrons. The van der Waals surface area contributed by atoms with Crippen molar-refractivity contribution in [1.29, 1.82) is 0 Å². The summed E-state index contributed by atoms with van der Waals surface area (Å²) in [5.41, 5.74) is 1.47. The van der Waals surface area contributed by atoms with Crippen LogP contribution in [0.5, 0.6) is 0 Å². The van der Waals surface area contributed by atoms with Crippen LogP contribution in [0.15, 0.2) is 22.0 Å². The number of hydrogen-bond acceptors (Lipinski definition) is 5.